The zero-order valence-electron chi connectivity index (χ0n) is 11.4. The summed E-state index contributed by atoms with van der Waals surface area (Å²) in [5.41, 5.74) is 1.84. The molecule has 6 heteroatoms. The Balaban J connectivity index is 2.16. The van der Waals surface area contributed by atoms with E-state index in [0.717, 1.165) is 30.5 Å². The lowest BCUT2D eigenvalue weighted by atomic mass is 10.00. The summed E-state index contributed by atoms with van der Waals surface area (Å²) >= 11 is 0. The minimum absolute atomic E-state index is 0.0691. The highest BCUT2D eigenvalue weighted by atomic mass is 16.6. The number of benzene rings is 1. The van der Waals surface area contributed by atoms with Gasteiger partial charge in [-0.1, -0.05) is 12.5 Å². The third kappa shape index (κ3) is 3.14. The molecule has 0 aliphatic carbocycles. The van der Waals surface area contributed by atoms with E-state index in [1.807, 2.05) is 11.8 Å². The number of nitro benzene ring substituents is 1. The van der Waals surface area contributed by atoms with E-state index in [1.165, 1.54) is 12.1 Å². The van der Waals surface area contributed by atoms with Crippen molar-refractivity contribution in [2.24, 2.45) is 0 Å². The Morgan fingerprint density at radius 1 is 1.50 bits per heavy atom. The van der Waals surface area contributed by atoms with Crippen molar-refractivity contribution < 1.29 is 14.8 Å². The van der Waals surface area contributed by atoms with Gasteiger partial charge in [-0.2, -0.15) is 0 Å². The molecule has 0 bridgehead atoms. The van der Waals surface area contributed by atoms with Gasteiger partial charge in [0.05, 0.1) is 4.92 Å². The van der Waals surface area contributed by atoms with Crippen LogP contribution in [0.5, 0.6) is 0 Å². The van der Waals surface area contributed by atoms with E-state index in [9.17, 15) is 20.0 Å². The summed E-state index contributed by atoms with van der Waals surface area (Å²) in [6, 6.07) is 4.29. The first-order valence-corrected chi connectivity index (χ1v) is 6.70. The average Bonchev–Trinajstić information content (AvgIpc) is 2.41. The molecule has 108 valence electrons. The number of aliphatic carboxylic acids is 1. The molecular weight excluding hydrogens is 260 g/mol. The molecule has 1 saturated heterocycles. The van der Waals surface area contributed by atoms with Gasteiger partial charge in [-0.25, -0.2) is 0 Å². The Morgan fingerprint density at radius 3 is 2.85 bits per heavy atom. The molecule has 6 nitrogen and oxygen atoms in total. The number of hydrogen-bond acceptors (Lipinski definition) is 4. The Hall–Kier alpha value is -1.95. The average molecular weight is 278 g/mol. The smallest absolute Gasteiger partial charge is 0.320 e. The molecule has 1 fully saturated rings. The summed E-state index contributed by atoms with van der Waals surface area (Å²) in [7, 11) is 0. The lowest BCUT2D eigenvalue weighted by Crippen LogP contribution is -2.44. The van der Waals surface area contributed by atoms with Crippen LogP contribution in [-0.4, -0.2) is 33.5 Å². The Kier molecular flexibility index (Phi) is 4.34. The molecule has 1 aliphatic rings. The van der Waals surface area contributed by atoms with Crippen LogP contribution in [0.3, 0.4) is 0 Å². The molecule has 1 heterocycles. The minimum Gasteiger partial charge on any atom is -0.480 e. The van der Waals surface area contributed by atoms with Gasteiger partial charge in [0.1, 0.15) is 6.04 Å². The van der Waals surface area contributed by atoms with Gasteiger partial charge in [-0.05, 0) is 37.4 Å². The standard InChI is InChI=1S/C14H18N2O4/c1-10-8-12(16(19)20)6-5-11(10)9-15-7-3-2-4-13(15)14(17)18/h5-6,8,13H,2-4,7,9H2,1H3,(H,17,18). The summed E-state index contributed by atoms with van der Waals surface area (Å²) in [6.07, 6.45) is 2.60. The summed E-state index contributed by atoms with van der Waals surface area (Å²) in [5.74, 6) is -0.788. The van der Waals surface area contributed by atoms with E-state index >= 15 is 0 Å². The van der Waals surface area contributed by atoms with Crippen molar-refractivity contribution in [1.29, 1.82) is 0 Å². The Bertz CT molecular complexity index is 530. The Labute approximate surface area is 117 Å². The van der Waals surface area contributed by atoms with Crippen molar-refractivity contribution in [3.8, 4) is 0 Å². The molecule has 1 aromatic carbocycles. The third-order valence-corrected chi connectivity index (χ3v) is 3.81. The van der Waals surface area contributed by atoms with Gasteiger partial charge in [0, 0.05) is 18.7 Å². The number of carbonyl (C=O) groups is 1. The zero-order chi connectivity index (χ0) is 14.7. The van der Waals surface area contributed by atoms with Crippen LogP contribution in [0.15, 0.2) is 18.2 Å². The lowest BCUT2D eigenvalue weighted by molar-refractivity contribution is -0.384. The number of aryl methyl sites for hydroxylation is 1. The van der Waals surface area contributed by atoms with Gasteiger partial charge >= 0.3 is 5.97 Å². The first-order chi connectivity index (χ1) is 9.49. The molecular formula is C14H18N2O4. The van der Waals surface area contributed by atoms with Crippen molar-refractivity contribution in [2.45, 2.75) is 38.8 Å². The molecule has 1 aliphatic heterocycles. The number of nitro groups is 1. The maximum atomic E-state index is 11.3. The highest BCUT2D eigenvalue weighted by Crippen LogP contribution is 2.23. The molecule has 0 aromatic heterocycles. The highest BCUT2D eigenvalue weighted by molar-refractivity contribution is 5.73. The van der Waals surface area contributed by atoms with E-state index in [4.69, 9.17) is 0 Å². The molecule has 1 aromatic rings. The third-order valence-electron chi connectivity index (χ3n) is 3.81. The van der Waals surface area contributed by atoms with Crippen LogP contribution in [0.4, 0.5) is 5.69 Å². The number of carboxylic acid groups (broad SMARTS) is 1. The fourth-order valence-corrected chi connectivity index (χ4v) is 2.65. The van der Waals surface area contributed by atoms with Crippen LogP contribution < -0.4 is 0 Å². The number of nitrogens with zero attached hydrogens (tertiary/aromatic N) is 2. The molecule has 1 unspecified atom stereocenters. The van der Waals surface area contributed by atoms with Crippen molar-refractivity contribution in [3.63, 3.8) is 0 Å². The molecule has 20 heavy (non-hydrogen) atoms. The van der Waals surface area contributed by atoms with Gasteiger partial charge < -0.3 is 5.11 Å². The SMILES string of the molecule is Cc1cc([N+](=O)[O-])ccc1CN1CCCCC1C(=O)O. The fraction of sp³-hybridized carbons (Fsp3) is 0.500. The lowest BCUT2D eigenvalue weighted by Gasteiger charge is -2.33. The summed E-state index contributed by atoms with van der Waals surface area (Å²) < 4.78 is 0. The zero-order valence-corrected chi connectivity index (χ0v) is 11.4. The second-order valence-electron chi connectivity index (χ2n) is 5.19. The molecule has 0 spiro atoms. The van der Waals surface area contributed by atoms with Crippen LogP contribution in [0.2, 0.25) is 0 Å². The molecule has 2 rings (SSSR count). The van der Waals surface area contributed by atoms with Gasteiger partial charge in [-0.15, -0.1) is 0 Å². The quantitative estimate of drug-likeness (QED) is 0.675. The van der Waals surface area contributed by atoms with Crippen molar-refractivity contribution in [3.05, 3.63) is 39.4 Å². The molecule has 1 N–H and O–H groups in total. The highest BCUT2D eigenvalue weighted by Gasteiger charge is 2.28. The molecule has 0 amide bonds. The van der Waals surface area contributed by atoms with Gasteiger partial charge in [0.25, 0.3) is 5.69 Å². The van der Waals surface area contributed by atoms with Crippen LogP contribution in [-0.2, 0) is 11.3 Å². The van der Waals surface area contributed by atoms with Crippen LogP contribution >= 0.6 is 0 Å². The van der Waals surface area contributed by atoms with Crippen LogP contribution in [0.25, 0.3) is 0 Å². The first-order valence-electron chi connectivity index (χ1n) is 6.70. The number of rotatable bonds is 4. The van der Waals surface area contributed by atoms with Gasteiger partial charge in [0.2, 0.25) is 0 Å². The van der Waals surface area contributed by atoms with E-state index < -0.39 is 16.9 Å². The summed E-state index contributed by atoms with van der Waals surface area (Å²) in [6.45, 7) is 3.11. The molecule has 0 radical (unpaired) electrons. The van der Waals surface area contributed by atoms with E-state index in [1.54, 1.807) is 6.07 Å². The maximum Gasteiger partial charge on any atom is 0.320 e. The summed E-state index contributed by atoms with van der Waals surface area (Å²) in [5, 5.41) is 20.0. The van der Waals surface area contributed by atoms with E-state index in [0.29, 0.717) is 13.0 Å². The second kappa shape index (κ2) is 6.00. The van der Waals surface area contributed by atoms with Crippen molar-refractivity contribution in [2.75, 3.05) is 6.54 Å². The maximum absolute atomic E-state index is 11.3. The Morgan fingerprint density at radius 2 is 2.25 bits per heavy atom. The monoisotopic (exact) mass is 278 g/mol. The largest absolute Gasteiger partial charge is 0.480 e. The van der Waals surface area contributed by atoms with Crippen LogP contribution in [0, 0.1) is 17.0 Å². The van der Waals surface area contributed by atoms with Crippen molar-refractivity contribution >= 4 is 11.7 Å². The molecule has 0 saturated carbocycles. The van der Waals surface area contributed by atoms with E-state index in [2.05, 4.69) is 0 Å². The number of non-ortho nitro benzene ring substituents is 1. The number of hydrogen-bond donors (Lipinski definition) is 1. The predicted molar refractivity (Wildman–Crippen MR) is 73.5 cm³/mol. The number of carboxylic acids is 1. The topological polar surface area (TPSA) is 83.7 Å². The molecule has 1 atom stereocenters. The van der Waals surface area contributed by atoms with Crippen molar-refractivity contribution in [1.82, 2.24) is 4.90 Å². The van der Waals surface area contributed by atoms with Gasteiger partial charge in [0.15, 0.2) is 0 Å². The fourth-order valence-electron chi connectivity index (χ4n) is 2.65. The minimum atomic E-state index is -0.788. The first kappa shape index (κ1) is 14.5. The van der Waals surface area contributed by atoms with E-state index in [-0.39, 0.29) is 5.69 Å². The van der Waals surface area contributed by atoms with Gasteiger partial charge in [-0.3, -0.25) is 19.8 Å². The number of likely N-dealkylation sites (tertiary alicyclic amines) is 1. The normalized spacial score (nSPS) is 19.8. The summed E-state index contributed by atoms with van der Waals surface area (Å²) in [4.78, 5) is 23.5. The number of piperidine rings is 1. The predicted octanol–water partition coefficient (Wildman–Crippen LogP) is 2.34. The van der Waals surface area contributed by atoms with Crippen LogP contribution in [0.1, 0.15) is 30.4 Å². The second-order valence-corrected chi connectivity index (χ2v) is 5.19.